The number of carbonyl (C=O) groups is 2. The van der Waals surface area contributed by atoms with Crippen molar-refractivity contribution in [2.24, 2.45) is 0 Å². The molecular weight excluding hydrogens is 210 g/mol. The van der Waals surface area contributed by atoms with Gasteiger partial charge in [0.1, 0.15) is 5.60 Å². The molecule has 0 aliphatic carbocycles. The second-order valence-electron chi connectivity index (χ2n) is 4.71. The van der Waals surface area contributed by atoms with Crippen molar-refractivity contribution in [2.75, 3.05) is 6.54 Å². The molecule has 0 radical (unpaired) electrons. The van der Waals surface area contributed by atoms with E-state index in [1.165, 1.54) is 4.90 Å². The molecule has 0 saturated carbocycles. The monoisotopic (exact) mass is 231 g/mol. The van der Waals surface area contributed by atoms with Crippen molar-refractivity contribution in [1.29, 1.82) is 0 Å². The standard InChI is InChI=1S/C11H21NO4/c1-6-12(8(2)7-9(13)14)10(15)16-11(3,4)5/h8H,6-7H2,1-5H3,(H,13,14)/t8-/m1/s1. The fraction of sp³-hybridized carbons (Fsp3) is 0.818. The van der Waals surface area contributed by atoms with Crippen molar-refractivity contribution in [3.8, 4) is 0 Å². The molecule has 0 aromatic heterocycles. The van der Waals surface area contributed by atoms with Crippen LogP contribution in [0.3, 0.4) is 0 Å². The fourth-order valence-corrected chi connectivity index (χ4v) is 1.30. The SMILES string of the molecule is CCN(C(=O)OC(C)(C)C)[C@H](C)CC(=O)O. The topological polar surface area (TPSA) is 66.8 Å². The molecule has 0 aliphatic rings. The van der Waals surface area contributed by atoms with Crippen LogP contribution in [0.4, 0.5) is 4.79 Å². The molecule has 0 aromatic rings. The Balaban J connectivity index is 4.48. The number of rotatable bonds is 4. The summed E-state index contributed by atoms with van der Waals surface area (Å²) in [5.41, 5.74) is -0.562. The van der Waals surface area contributed by atoms with E-state index >= 15 is 0 Å². The Morgan fingerprint density at radius 2 is 1.88 bits per heavy atom. The number of carbonyl (C=O) groups excluding carboxylic acids is 1. The summed E-state index contributed by atoms with van der Waals surface area (Å²) in [5, 5.41) is 8.66. The summed E-state index contributed by atoms with van der Waals surface area (Å²) in [6, 6.07) is -0.364. The summed E-state index contributed by atoms with van der Waals surface area (Å²) in [7, 11) is 0. The highest BCUT2D eigenvalue weighted by Gasteiger charge is 2.25. The average molecular weight is 231 g/mol. The Labute approximate surface area is 96.4 Å². The molecule has 0 saturated heterocycles. The van der Waals surface area contributed by atoms with E-state index in [2.05, 4.69) is 0 Å². The van der Waals surface area contributed by atoms with Crippen LogP contribution in [0.2, 0.25) is 0 Å². The number of aliphatic carboxylic acids is 1. The fourth-order valence-electron chi connectivity index (χ4n) is 1.30. The Morgan fingerprint density at radius 1 is 1.38 bits per heavy atom. The van der Waals surface area contributed by atoms with Gasteiger partial charge < -0.3 is 14.7 Å². The quantitative estimate of drug-likeness (QED) is 0.804. The molecule has 16 heavy (non-hydrogen) atoms. The number of ether oxygens (including phenoxy) is 1. The van der Waals surface area contributed by atoms with Crippen LogP contribution in [0.15, 0.2) is 0 Å². The van der Waals surface area contributed by atoms with E-state index in [1.807, 2.05) is 0 Å². The maximum Gasteiger partial charge on any atom is 0.410 e. The van der Waals surface area contributed by atoms with Gasteiger partial charge in [-0.05, 0) is 34.6 Å². The van der Waals surface area contributed by atoms with Gasteiger partial charge in [-0.1, -0.05) is 0 Å². The van der Waals surface area contributed by atoms with Crippen molar-refractivity contribution in [3.05, 3.63) is 0 Å². The largest absolute Gasteiger partial charge is 0.481 e. The van der Waals surface area contributed by atoms with E-state index in [0.29, 0.717) is 6.54 Å². The first-order chi connectivity index (χ1) is 7.17. The number of carboxylic acid groups (broad SMARTS) is 1. The third-order valence-corrected chi connectivity index (χ3v) is 1.97. The third kappa shape index (κ3) is 5.58. The highest BCUT2D eigenvalue weighted by molar-refractivity contribution is 5.71. The summed E-state index contributed by atoms with van der Waals surface area (Å²) >= 11 is 0. The van der Waals surface area contributed by atoms with Crippen LogP contribution in [-0.2, 0) is 9.53 Å². The minimum atomic E-state index is -0.922. The highest BCUT2D eigenvalue weighted by Crippen LogP contribution is 2.13. The van der Waals surface area contributed by atoms with Crippen LogP contribution in [0.5, 0.6) is 0 Å². The summed E-state index contributed by atoms with van der Waals surface area (Å²) in [6.07, 6.45) is -0.545. The Bertz CT molecular complexity index is 257. The van der Waals surface area contributed by atoms with E-state index in [0.717, 1.165) is 0 Å². The van der Waals surface area contributed by atoms with Gasteiger partial charge in [-0.2, -0.15) is 0 Å². The van der Waals surface area contributed by atoms with E-state index in [9.17, 15) is 9.59 Å². The first kappa shape index (κ1) is 14.7. The van der Waals surface area contributed by atoms with Gasteiger partial charge in [0.15, 0.2) is 0 Å². The van der Waals surface area contributed by atoms with Crippen molar-refractivity contribution < 1.29 is 19.4 Å². The summed E-state index contributed by atoms with van der Waals surface area (Å²) in [4.78, 5) is 23.7. The Hall–Kier alpha value is -1.26. The smallest absolute Gasteiger partial charge is 0.410 e. The maximum atomic E-state index is 11.7. The molecule has 1 amide bonds. The maximum absolute atomic E-state index is 11.7. The van der Waals surface area contributed by atoms with E-state index < -0.39 is 17.7 Å². The second kappa shape index (κ2) is 5.72. The molecular formula is C11H21NO4. The molecule has 0 fully saturated rings. The summed E-state index contributed by atoms with van der Waals surface area (Å²) in [5.74, 6) is -0.922. The van der Waals surface area contributed by atoms with Crippen molar-refractivity contribution in [3.63, 3.8) is 0 Å². The molecule has 0 heterocycles. The van der Waals surface area contributed by atoms with Crippen LogP contribution < -0.4 is 0 Å². The highest BCUT2D eigenvalue weighted by atomic mass is 16.6. The van der Waals surface area contributed by atoms with E-state index in [-0.39, 0.29) is 12.5 Å². The van der Waals surface area contributed by atoms with Crippen LogP contribution in [0, 0.1) is 0 Å². The minimum Gasteiger partial charge on any atom is -0.481 e. The Morgan fingerprint density at radius 3 is 2.19 bits per heavy atom. The van der Waals surface area contributed by atoms with Crippen LogP contribution >= 0.6 is 0 Å². The molecule has 1 N–H and O–H groups in total. The van der Waals surface area contributed by atoms with E-state index in [4.69, 9.17) is 9.84 Å². The lowest BCUT2D eigenvalue weighted by Crippen LogP contribution is -2.42. The number of carboxylic acids is 1. The predicted molar refractivity (Wildman–Crippen MR) is 60.3 cm³/mol. The molecule has 0 unspecified atom stereocenters. The zero-order valence-electron chi connectivity index (χ0n) is 10.6. The lowest BCUT2D eigenvalue weighted by Gasteiger charge is -2.30. The summed E-state index contributed by atoms with van der Waals surface area (Å²) < 4.78 is 5.19. The van der Waals surface area contributed by atoms with Crippen molar-refractivity contribution >= 4 is 12.1 Å². The molecule has 0 aliphatic heterocycles. The third-order valence-electron chi connectivity index (χ3n) is 1.97. The number of amides is 1. The zero-order chi connectivity index (χ0) is 12.9. The van der Waals surface area contributed by atoms with Gasteiger partial charge in [-0.15, -0.1) is 0 Å². The first-order valence-corrected chi connectivity index (χ1v) is 5.38. The van der Waals surface area contributed by atoms with Crippen LogP contribution in [0.1, 0.15) is 41.0 Å². The van der Waals surface area contributed by atoms with Crippen LogP contribution in [0.25, 0.3) is 0 Å². The molecule has 1 atom stereocenters. The zero-order valence-corrected chi connectivity index (χ0v) is 10.6. The Kier molecular flexibility index (Phi) is 5.27. The lowest BCUT2D eigenvalue weighted by molar-refractivity contribution is -0.138. The molecule has 0 spiro atoms. The van der Waals surface area contributed by atoms with Crippen molar-refractivity contribution in [1.82, 2.24) is 4.90 Å². The first-order valence-electron chi connectivity index (χ1n) is 5.38. The summed E-state index contributed by atoms with van der Waals surface area (Å²) in [6.45, 7) is 9.26. The molecule has 5 heteroatoms. The minimum absolute atomic E-state index is 0.0763. The van der Waals surface area contributed by atoms with Crippen molar-refractivity contribution in [2.45, 2.75) is 52.7 Å². The number of hydrogen-bond donors (Lipinski definition) is 1. The van der Waals surface area contributed by atoms with Gasteiger partial charge in [0, 0.05) is 12.6 Å². The molecule has 0 bridgehead atoms. The normalized spacial score (nSPS) is 13.1. The predicted octanol–water partition coefficient (Wildman–Crippen LogP) is 2.11. The van der Waals surface area contributed by atoms with Gasteiger partial charge in [-0.3, -0.25) is 4.79 Å². The van der Waals surface area contributed by atoms with Gasteiger partial charge >= 0.3 is 12.1 Å². The van der Waals surface area contributed by atoms with Crippen LogP contribution in [-0.4, -0.2) is 40.3 Å². The second-order valence-corrected chi connectivity index (χ2v) is 4.71. The molecule has 5 nitrogen and oxygen atoms in total. The van der Waals surface area contributed by atoms with Gasteiger partial charge in [0.2, 0.25) is 0 Å². The number of hydrogen-bond acceptors (Lipinski definition) is 3. The van der Waals surface area contributed by atoms with E-state index in [1.54, 1.807) is 34.6 Å². The molecule has 0 aromatic carbocycles. The molecule has 0 rings (SSSR count). The van der Waals surface area contributed by atoms with Gasteiger partial charge in [0.05, 0.1) is 6.42 Å². The van der Waals surface area contributed by atoms with Gasteiger partial charge in [-0.25, -0.2) is 4.79 Å². The van der Waals surface area contributed by atoms with Gasteiger partial charge in [0.25, 0.3) is 0 Å². The molecule has 94 valence electrons. The number of nitrogens with zero attached hydrogens (tertiary/aromatic N) is 1. The average Bonchev–Trinajstić information content (AvgIpc) is 1.99. The lowest BCUT2D eigenvalue weighted by atomic mass is 10.2.